The van der Waals surface area contributed by atoms with E-state index in [1.165, 1.54) is 12.0 Å². The van der Waals surface area contributed by atoms with Gasteiger partial charge in [-0.25, -0.2) is 0 Å². The fourth-order valence-electron chi connectivity index (χ4n) is 5.74. The summed E-state index contributed by atoms with van der Waals surface area (Å²) in [6.45, 7) is 4.57. The van der Waals surface area contributed by atoms with Crippen molar-refractivity contribution in [3.63, 3.8) is 0 Å². The number of ketones is 1. The smallest absolute Gasteiger partial charge is 0.178 e. The first-order chi connectivity index (χ1) is 9.95. The largest absolute Gasteiger partial charge is 0.512 e. The molecule has 0 bridgehead atoms. The monoisotopic (exact) mass is 284 g/mol. The Balaban J connectivity index is 1.71. The lowest BCUT2D eigenvalue weighted by Gasteiger charge is -2.56. The number of hydrogen-bond acceptors (Lipinski definition) is 2. The second kappa shape index (κ2) is 4.12. The number of carbonyl (C=O) groups is 1. The lowest BCUT2D eigenvalue weighted by Crippen LogP contribution is -2.49. The van der Waals surface area contributed by atoms with Gasteiger partial charge in [-0.1, -0.05) is 25.5 Å². The van der Waals surface area contributed by atoms with Gasteiger partial charge in [-0.15, -0.1) is 0 Å². The maximum absolute atomic E-state index is 11.7. The number of carbonyl (C=O) groups excluding carboxylic acids is 1. The molecule has 0 aromatic carbocycles. The second-order valence-electron chi connectivity index (χ2n) is 7.88. The van der Waals surface area contributed by atoms with Crippen molar-refractivity contribution in [1.29, 1.82) is 0 Å². The van der Waals surface area contributed by atoms with Gasteiger partial charge in [0.25, 0.3) is 0 Å². The number of rotatable bonds is 0. The minimum atomic E-state index is 0.00689. The number of allylic oxidation sites excluding steroid dienone is 6. The minimum absolute atomic E-state index is 0.00689. The Labute approximate surface area is 126 Å². The third-order valence-electron chi connectivity index (χ3n) is 7.10. The van der Waals surface area contributed by atoms with Gasteiger partial charge in [-0.3, -0.25) is 4.79 Å². The highest BCUT2D eigenvalue weighted by Gasteiger charge is 2.56. The average molecular weight is 284 g/mol. The summed E-state index contributed by atoms with van der Waals surface area (Å²) < 4.78 is 0. The molecular formula is C19H24O2. The number of hydrogen-bond donors (Lipinski definition) is 1. The van der Waals surface area contributed by atoms with Crippen molar-refractivity contribution in [1.82, 2.24) is 0 Å². The highest BCUT2D eigenvalue weighted by atomic mass is 16.3. The van der Waals surface area contributed by atoms with E-state index in [0.29, 0.717) is 23.5 Å². The first-order valence-corrected chi connectivity index (χ1v) is 8.29. The third-order valence-corrected chi connectivity index (χ3v) is 7.10. The Morgan fingerprint density at radius 2 is 2.05 bits per heavy atom. The van der Waals surface area contributed by atoms with E-state index in [-0.39, 0.29) is 16.6 Å². The topological polar surface area (TPSA) is 37.3 Å². The third kappa shape index (κ3) is 1.62. The van der Waals surface area contributed by atoms with Crippen LogP contribution in [0.3, 0.4) is 0 Å². The van der Waals surface area contributed by atoms with Crippen LogP contribution in [0.2, 0.25) is 0 Å². The van der Waals surface area contributed by atoms with Gasteiger partial charge in [0.05, 0.1) is 5.76 Å². The predicted molar refractivity (Wildman–Crippen MR) is 82.7 cm³/mol. The van der Waals surface area contributed by atoms with Crippen molar-refractivity contribution in [3.8, 4) is 0 Å². The fraction of sp³-hybridized carbons (Fsp3) is 0.632. The molecule has 0 unspecified atom stereocenters. The molecule has 2 fully saturated rings. The minimum Gasteiger partial charge on any atom is -0.512 e. The molecule has 5 atom stereocenters. The van der Waals surface area contributed by atoms with Gasteiger partial charge in [0.1, 0.15) is 0 Å². The van der Waals surface area contributed by atoms with E-state index in [0.717, 1.165) is 25.7 Å². The summed E-state index contributed by atoms with van der Waals surface area (Å²) in [7, 11) is 0. The first kappa shape index (κ1) is 13.4. The molecule has 0 aliphatic heterocycles. The normalized spacial score (nSPS) is 48.1. The molecule has 4 rings (SSSR count). The number of aliphatic hydroxyl groups excluding tert-OH is 1. The van der Waals surface area contributed by atoms with E-state index in [1.54, 1.807) is 6.08 Å². The Morgan fingerprint density at radius 3 is 2.86 bits per heavy atom. The Morgan fingerprint density at radius 1 is 1.24 bits per heavy atom. The standard InChI is InChI=1S/C19H24O2/c1-18-9-7-13(20)11-12(18)3-4-14-15-5-6-17(21)19(15,2)10-8-16(14)18/h6-7,9,11,14-16,21H,3-5,8,10H2,1-2H3/t14-,15-,16-,18-,19-/m0/s1. The van der Waals surface area contributed by atoms with Crippen LogP contribution in [0, 0.1) is 28.6 Å². The van der Waals surface area contributed by atoms with Crippen LogP contribution in [0.25, 0.3) is 0 Å². The molecule has 0 saturated heterocycles. The Kier molecular flexibility index (Phi) is 2.62. The van der Waals surface area contributed by atoms with Crippen molar-refractivity contribution in [2.75, 3.05) is 0 Å². The highest BCUT2D eigenvalue weighted by molar-refractivity contribution is 6.01. The van der Waals surface area contributed by atoms with Gasteiger partial charge in [-0.2, -0.15) is 0 Å². The fourth-order valence-corrected chi connectivity index (χ4v) is 5.74. The van der Waals surface area contributed by atoms with Crippen LogP contribution in [0.1, 0.15) is 46.0 Å². The van der Waals surface area contributed by atoms with E-state index >= 15 is 0 Å². The van der Waals surface area contributed by atoms with E-state index in [9.17, 15) is 9.90 Å². The zero-order chi connectivity index (χ0) is 14.8. The lowest BCUT2D eigenvalue weighted by atomic mass is 9.48. The summed E-state index contributed by atoms with van der Waals surface area (Å²) in [4.78, 5) is 11.7. The summed E-state index contributed by atoms with van der Waals surface area (Å²) in [6, 6.07) is 0. The van der Waals surface area contributed by atoms with Crippen LogP contribution >= 0.6 is 0 Å². The molecule has 0 heterocycles. The molecular weight excluding hydrogens is 260 g/mol. The molecule has 0 aromatic heterocycles. The van der Waals surface area contributed by atoms with E-state index < -0.39 is 0 Å². The summed E-state index contributed by atoms with van der Waals surface area (Å²) in [5, 5.41) is 10.3. The van der Waals surface area contributed by atoms with E-state index in [2.05, 4.69) is 26.0 Å². The zero-order valence-corrected chi connectivity index (χ0v) is 12.9. The van der Waals surface area contributed by atoms with Crippen LogP contribution in [0.5, 0.6) is 0 Å². The molecule has 0 amide bonds. The average Bonchev–Trinajstić information content (AvgIpc) is 2.76. The van der Waals surface area contributed by atoms with Gasteiger partial charge >= 0.3 is 0 Å². The SMILES string of the molecule is C[C@]12C=CC(=O)C=C1CC[C@@H]1[C@@H]2CC[C@]2(C)C(O)=CC[C@@H]12. The Hall–Kier alpha value is -1.31. The predicted octanol–water partition coefficient (Wildman–Crippen LogP) is 4.35. The summed E-state index contributed by atoms with van der Waals surface area (Å²) >= 11 is 0. The van der Waals surface area contributed by atoms with Crippen molar-refractivity contribution < 1.29 is 9.90 Å². The molecule has 2 heteroatoms. The molecule has 4 aliphatic rings. The first-order valence-electron chi connectivity index (χ1n) is 8.29. The molecule has 2 saturated carbocycles. The van der Waals surface area contributed by atoms with E-state index in [4.69, 9.17) is 0 Å². The molecule has 0 spiro atoms. The molecule has 0 aromatic rings. The van der Waals surface area contributed by atoms with Crippen LogP contribution in [-0.2, 0) is 4.79 Å². The maximum atomic E-state index is 11.7. The van der Waals surface area contributed by atoms with Crippen LogP contribution in [0.15, 0.2) is 35.6 Å². The summed E-state index contributed by atoms with van der Waals surface area (Å²) in [5.41, 5.74) is 1.42. The van der Waals surface area contributed by atoms with Gasteiger partial charge in [0.15, 0.2) is 5.78 Å². The van der Waals surface area contributed by atoms with E-state index in [1.807, 2.05) is 6.08 Å². The number of aliphatic hydroxyl groups is 1. The highest BCUT2D eigenvalue weighted by Crippen LogP contribution is 2.64. The van der Waals surface area contributed by atoms with Gasteiger partial charge in [-0.05, 0) is 68.1 Å². The zero-order valence-electron chi connectivity index (χ0n) is 12.9. The molecule has 0 radical (unpaired) electrons. The number of fused-ring (bicyclic) bond motifs is 5. The van der Waals surface area contributed by atoms with Crippen molar-refractivity contribution in [3.05, 3.63) is 35.6 Å². The summed E-state index contributed by atoms with van der Waals surface area (Å²) in [5.74, 6) is 2.66. The quantitative estimate of drug-likeness (QED) is 0.718. The molecule has 1 N–H and O–H groups in total. The van der Waals surface area contributed by atoms with Crippen LogP contribution in [0.4, 0.5) is 0 Å². The Bertz CT molecular complexity index is 597. The molecule has 4 aliphatic carbocycles. The van der Waals surface area contributed by atoms with Crippen molar-refractivity contribution >= 4 is 5.78 Å². The van der Waals surface area contributed by atoms with Crippen LogP contribution < -0.4 is 0 Å². The molecule has 21 heavy (non-hydrogen) atoms. The molecule has 112 valence electrons. The second-order valence-corrected chi connectivity index (χ2v) is 7.88. The maximum Gasteiger partial charge on any atom is 0.178 e. The molecule has 2 nitrogen and oxygen atoms in total. The van der Waals surface area contributed by atoms with Gasteiger partial charge in [0, 0.05) is 10.8 Å². The van der Waals surface area contributed by atoms with Crippen molar-refractivity contribution in [2.45, 2.75) is 46.0 Å². The van der Waals surface area contributed by atoms with Crippen LogP contribution in [-0.4, -0.2) is 10.9 Å². The summed E-state index contributed by atoms with van der Waals surface area (Å²) in [6.07, 6.45) is 13.4. The van der Waals surface area contributed by atoms with Gasteiger partial charge in [0.2, 0.25) is 0 Å². The lowest BCUT2D eigenvalue weighted by molar-refractivity contribution is -0.111. The van der Waals surface area contributed by atoms with Crippen molar-refractivity contribution in [2.24, 2.45) is 28.6 Å². The van der Waals surface area contributed by atoms with Gasteiger partial charge < -0.3 is 5.11 Å².